The highest BCUT2D eigenvalue weighted by Gasteiger charge is 2.01. The first-order valence-electron chi connectivity index (χ1n) is 10.1. The fraction of sp³-hybridized carbons (Fsp3) is 0.591. The van der Waals surface area contributed by atoms with Gasteiger partial charge in [0.25, 0.3) is 0 Å². The summed E-state index contributed by atoms with van der Waals surface area (Å²) in [6.45, 7) is 0.341. The molecule has 2 rings (SSSR count). The van der Waals surface area contributed by atoms with Gasteiger partial charge in [-0.1, -0.05) is 56.4 Å². The molecule has 0 saturated heterocycles. The van der Waals surface area contributed by atoms with Crippen LogP contribution in [0, 0.1) is 0 Å². The summed E-state index contributed by atoms with van der Waals surface area (Å²) >= 11 is 0. The van der Waals surface area contributed by atoms with Crippen molar-refractivity contribution < 1.29 is 5.11 Å². The number of unbranched alkanes of at least 4 members (excludes halogenated alkanes) is 9. The Morgan fingerprint density at radius 3 is 2.16 bits per heavy atom. The summed E-state index contributed by atoms with van der Waals surface area (Å²) in [6, 6.07) is 8.25. The fourth-order valence-corrected chi connectivity index (χ4v) is 3.17. The number of aliphatic hydroxyl groups excluding tert-OH is 1. The zero-order valence-corrected chi connectivity index (χ0v) is 15.6. The topological polar surface area (TPSA) is 48.9 Å². The lowest BCUT2D eigenvalue weighted by atomic mass is 10.1. The van der Waals surface area contributed by atoms with Gasteiger partial charge >= 0.3 is 0 Å². The Morgan fingerprint density at radius 2 is 1.44 bits per heavy atom. The second-order valence-electron chi connectivity index (χ2n) is 6.90. The number of benzene rings is 1. The predicted octanol–water partition coefficient (Wildman–Crippen LogP) is 5.95. The number of H-pyrrole nitrogens is 1. The normalized spacial score (nSPS) is 11.7. The maximum Gasteiger partial charge on any atom is 0.107 e. The standard InChI is InChI=1S/C22H34N2O/c25-19-15-11-9-7-5-3-1-2-4-6-8-10-12-18-22-23-20-16-13-14-17-21(20)24-22/h1,3,13-14,16-17,25H,2,4-12,15,18-19H2,(H,23,24)/b3-1+. The fourth-order valence-electron chi connectivity index (χ4n) is 3.17. The number of hydrogen-bond donors (Lipinski definition) is 2. The van der Waals surface area contributed by atoms with E-state index in [-0.39, 0.29) is 0 Å². The highest BCUT2D eigenvalue weighted by atomic mass is 16.2. The van der Waals surface area contributed by atoms with E-state index in [4.69, 9.17) is 5.11 Å². The van der Waals surface area contributed by atoms with Crippen LogP contribution in [0.25, 0.3) is 11.0 Å². The summed E-state index contributed by atoms with van der Waals surface area (Å²) in [4.78, 5) is 8.04. The van der Waals surface area contributed by atoms with Gasteiger partial charge in [-0.25, -0.2) is 4.98 Å². The van der Waals surface area contributed by atoms with Crippen LogP contribution in [-0.4, -0.2) is 21.7 Å². The van der Waals surface area contributed by atoms with Gasteiger partial charge in [0, 0.05) is 13.0 Å². The van der Waals surface area contributed by atoms with Gasteiger partial charge in [0.15, 0.2) is 0 Å². The summed E-state index contributed by atoms with van der Waals surface area (Å²) in [6.07, 6.45) is 19.3. The second-order valence-corrected chi connectivity index (χ2v) is 6.90. The third kappa shape index (κ3) is 8.35. The molecule has 0 fully saturated rings. The number of para-hydroxylation sites is 2. The van der Waals surface area contributed by atoms with E-state index in [0.717, 1.165) is 29.7 Å². The molecule has 3 heteroatoms. The molecule has 0 aliphatic carbocycles. The van der Waals surface area contributed by atoms with Gasteiger partial charge in [-0.2, -0.15) is 0 Å². The second kappa shape index (κ2) is 12.7. The lowest BCUT2D eigenvalue weighted by Gasteiger charge is -1.99. The Balaban J connectivity index is 1.41. The summed E-state index contributed by atoms with van der Waals surface area (Å²) in [7, 11) is 0. The number of nitrogens with zero attached hydrogens (tertiary/aromatic N) is 1. The number of aromatic nitrogens is 2. The molecule has 3 nitrogen and oxygen atoms in total. The minimum Gasteiger partial charge on any atom is -0.396 e. The smallest absolute Gasteiger partial charge is 0.107 e. The first kappa shape index (κ1) is 19.7. The Labute approximate surface area is 152 Å². The van der Waals surface area contributed by atoms with Crippen molar-refractivity contribution in [1.29, 1.82) is 0 Å². The molecule has 0 saturated carbocycles. The molecule has 2 N–H and O–H groups in total. The quantitative estimate of drug-likeness (QED) is 0.329. The number of rotatable bonds is 14. The van der Waals surface area contributed by atoms with Crippen molar-refractivity contribution in [3.8, 4) is 0 Å². The van der Waals surface area contributed by atoms with E-state index in [1.165, 1.54) is 64.2 Å². The molecule has 1 heterocycles. The zero-order valence-electron chi connectivity index (χ0n) is 15.6. The molecule has 0 amide bonds. The largest absolute Gasteiger partial charge is 0.396 e. The molecule has 1 aromatic carbocycles. The van der Waals surface area contributed by atoms with Crippen LogP contribution in [0.1, 0.15) is 76.5 Å². The molecule has 25 heavy (non-hydrogen) atoms. The van der Waals surface area contributed by atoms with E-state index >= 15 is 0 Å². The maximum absolute atomic E-state index is 8.71. The van der Waals surface area contributed by atoms with Crippen LogP contribution >= 0.6 is 0 Å². The number of aliphatic hydroxyl groups is 1. The number of hydrogen-bond acceptors (Lipinski definition) is 2. The Morgan fingerprint density at radius 1 is 0.800 bits per heavy atom. The molecule has 0 spiro atoms. The molecule has 138 valence electrons. The maximum atomic E-state index is 8.71. The summed E-state index contributed by atoms with van der Waals surface area (Å²) in [5, 5.41) is 8.71. The molecule has 0 atom stereocenters. The highest BCUT2D eigenvalue weighted by molar-refractivity contribution is 5.74. The van der Waals surface area contributed by atoms with Crippen molar-refractivity contribution in [2.75, 3.05) is 6.61 Å². The van der Waals surface area contributed by atoms with Crippen LogP contribution in [0.4, 0.5) is 0 Å². The van der Waals surface area contributed by atoms with Crippen molar-refractivity contribution in [3.63, 3.8) is 0 Å². The van der Waals surface area contributed by atoms with Crippen LogP contribution < -0.4 is 0 Å². The van der Waals surface area contributed by atoms with Crippen molar-refractivity contribution in [3.05, 3.63) is 42.2 Å². The van der Waals surface area contributed by atoms with E-state index in [2.05, 4.69) is 40.3 Å². The van der Waals surface area contributed by atoms with Crippen molar-refractivity contribution >= 4 is 11.0 Å². The highest BCUT2D eigenvalue weighted by Crippen LogP contribution is 2.13. The van der Waals surface area contributed by atoms with Gasteiger partial charge in [-0.05, 0) is 50.7 Å². The van der Waals surface area contributed by atoms with E-state index < -0.39 is 0 Å². The lowest BCUT2D eigenvalue weighted by molar-refractivity contribution is 0.282. The minimum atomic E-state index is 0.341. The van der Waals surface area contributed by atoms with Crippen LogP contribution in [0.2, 0.25) is 0 Å². The predicted molar refractivity (Wildman–Crippen MR) is 107 cm³/mol. The number of allylic oxidation sites excluding steroid dienone is 2. The Kier molecular flexibility index (Phi) is 10.0. The number of nitrogens with one attached hydrogen (secondary N) is 1. The Bertz CT molecular complexity index is 570. The molecule has 0 aliphatic rings. The summed E-state index contributed by atoms with van der Waals surface area (Å²) in [5.41, 5.74) is 2.23. The van der Waals surface area contributed by atoms with Crippen LogP contribution in [0.5, 0.6) is 0 Å². The summed E-state index contributed by atoms with van der Waals surface area (Å²) < 4.78 is 0. The van der Waals surface area contributed by atoms with Crippen molar-refractivity contribution in [2.45, 2.75) is 77.0 Å². The summed E-state index contributed by atoms with van der Waals surface area (Å²) in [5.74, 6) is 1.13. The monoisotopic (exact) mass is 342 g/mol. The molecule has 1 aromatic heterocycles. The Hall–Kier alpha value is -1.61. The molecule has 0 aliphatic heterocycles. The molecule has 2 aromatic rings. The molecular formula is C22H34N2O. The first-order chi connectivity index (χ1) is 12.4. The molecule has 0 unspecified atom stereocenters. The third-order valence-corrected chi connectivity index (χ3v) is 4.67. The first-order valence-corrected chi connectivity index (χ1v) is 10.1. The number of fused-ring (bicyclic) bond motifs is 1. The molecular weight excluding hydrogens is 308 g/mol. The SMILES string of the molecule is OCCCCCC/C=C/CCCCCCCc1nc2ccccc2[nH]1. The number of aryl methyl sites for hydroxylation is 1. The average Bonchev–Trinajstić information content (AvgIpc) is 3.05. The molecule has 0 radical (unpaired) electrons. The minimum absolute atomic E-state index is 0.341. The van der Waals surface area contributed by atoms with Gasteiger partial charge in [0.05, 0.1) is 11.0 Å². The van der Waals surface area contributed by atoms with Gasteiger partial charge < -0.3 is 10.1 Å². The van der Waals surface area contributed by atoms with Crippen LogP contribution in [0.15, 0.2) is 36.4 Å². The van der Waals surface area contributed by atoms with Crippen molar-refractivity contribution in [1.82, 2.24) is 9.97 Å². The van der Waals surface area contributed by atoms with Gasteiger partial charge in [-0.3, -0.25) is 0 Å². The average molecular weight is 343 g/mol. The van der Waals surface area contributed by atoms with Gasteiger partial charge in [0.1, 0.15) is 5.82 Å². The van der Waals surface area contributed by atoms with E-state index in [0.29, 0.717) is 6.61 Å². The van der Waals surface area contributed by atoms with Gasteiger partial charge in [0.2, 0.25) is 0 Å². The van der Waals surface area contributed by atoms with E-state index in [1.807, 2.05) is 6.07 Å². The van der Waals surface area contributed by atoms with Crippen LogP contribution in [0.3, 0.4) is 0 Å². The third-order valence-electron chi connectivity index (χ3n) is 4.67. The number of imidazole rings is 1. The van der Waals surface area contributed by atoms with Crippen LogP contribution in [-0.2, 0) is 6.42 Å². The van der Waals surface area contributed by atoms with E-state index in [1.54, 1.807) is 0 Å². The van der Waals surface area contributed by atoms with Crippen molar-refractivity contribution in [2.24, 2.45) is 0 Å². The van der Waals surface area contributed by atoms with E-state index in [9.17, 15) is 0 Å². The lowest BCUT2D eigenvalue weighted by Crippen LogP contribution is -1.88. The van der Waals surface area contributed by atoms with Gasteiger partial charge in [-0.15, -0.1) is 0 Å². The molecule has 0 bridgehead atoms. The zero-order chi connectivity index (χ0) is 17.6. The number of aromatic amines is 1.